The van der Waals surface area contributed by atoms with Crippen LogP contribution in [0.25, 0.3) is 11.0 Å². The molecule has 1 aromatic heterocycles. The van der Waals surface area contributed by atoms with E-state index < -0.39 is 9.84 Å². The van der Waals surface area contributed by atoms with Crippen molar-refractivity contribution in [3.63, 3.8) is 0 Å². The Labute approximate surface area is 161 Å². The number of para-hydroxylation sites is 2. The summed E-state index contributed by atoms with van der Waals surface area (Å²) < 4.78 is 39.9. The van der Waals surface area contributed by atoms with Gasteiger partial charge in [-0.3, -0.25) is 0 Å². The van der Waals surface area contributed by atoms with Crippen molar-refractivity contribution in [1.82, 2.24) is 9.97 Å². The Balaban J connectivity index is 1.93. The standard InChI is InChI=1S/C21H16FN3O2S/c1-14-6-2-5-9-19(14)28(26,27)21-20(23-16-12-10-15(22)11-13-16)24-17-7-3-4-8-18(17)25-21/h2-13H,1H3,(H,23,24). The zero-order valence-corrected chi connectivity index (χ0v) is 15.7. The summed E-state index contributed by atoms with van der Waals surface area (Å²) in [5.74, 6) is -0.295. The molecule has 7 heteroatoms. The highest BCUT2D eigenvalue weighted by molar-refractivity contribution is 7.91. The number of nitrogens with zero attached hydrogens (tertiary/aromatic N) is 2. The highest BCUT2D eigenvalue weighted by Gasteiger charge is 2.26. The molecule has 0 aliphatic heterocycles. The fourth-order valence-corrected chi connectivity index (χ4v) is 4.41. The molecule has 1 heterocycles. The van der Waals surface area contributed by atoms with Crippen molar-refractivity contribution in [2.75, 3.05) is 5.32 Å². The molecule has 0 unspecified atom stereocenters. The maximum Gasteiger partial charge on any atom is 0.227 e. The van der Waals surface area contributed by atoms with E-state index in [9.17, 15) is 12.8 Å². The molecule has 1 N–H and O–H groups in total. The number of fused-ring (bicyclic) bond motifs is 1. The number of sulfone groups is 1. The van der Waals surface area contributed by atoms with Gasteiger partial charge in [0.05, 0.1) is 15.9 Å². The number of nitrogens with one attached hydrogen (secondary N) is 1. The van der Waals surface area contributed by atoms with Crippen molar-refractivity contribution < 1.29 is 12.8 Å². The van der Waals surface area contributed by atoms with Crippen LogP contribution in [-0.2, 0) is 9.84 Å². The second-order valence-corrected chi connectivity index (χ2v) is 8.10. The van der Waals surface area contributed by atoms with E-state index in [0.29, 0.717) is 22.3 Å². The lowest BCUT2D eigenvalue weighted by atomic mass is 10.2. The fraction of sp³-hybridized carbons (Fsp3) is 0.0476. The molecule has 3 aromatic carbocycles. The van der Waals surface area contributed by atoms with Crippen LogP contribution in [0.3, 0.4) is 0 Å². The van der Waals surface area contributed by atoms with Gasteiger partial charge in [0.25, 0.3) is 0 Å². The molecule has 0 radical (unpaired) electrons. The van der Waals surface area contributed by atoms with Crippen molar-refractivity contribution >= 4 is 32.4 Å². The minimum atomic E-state index is -3.93. The molecule has 0 spiro atoms. The Hall–Kier alpha value is -3.32. The van der Waals surface area contributed by atoms with Crippen molar-refractivity contribution in [2.24, 2.45) is 0 Å². The highest BCUT2D eigenvalue weighted by Crippen LogP contribution is 2.30. The molecule has 28 heavy (non-hydrogen) atoms. The normalized spacial score (nSPS) is 11.5. The Bertz CT molecular complexity index is 1270. The third-order valence-corrected chi connectivity index (χ3v) is 6.11. The van der Waals surface area contributed by atoms with E-state index in [4.69, 9.17) is 0 Å². The summed E-state index contributed by atoms with van der Waals surface area (Å²) in [6, 6.07) is 19.3. The molecule has 0 fully saturated rings. The zero-order valence-electron chi connectivity index (χ0n) is 14.9. The topological polar surface area (TPSA) is 72.0 Å². The molecule has 0 bridgehead atoms. The largest absolute Gasteiger partial charge is 0.338 e. The molecule has 0 aliphatic rings. The zero-order chi connectivity index (χ0) is 19.7. The molecule has 0 saturated heterocycles. The van der Waals surface area contributed by atoms with Crippen LogP contribution in [0.15, 0.2) is 82.7 Å². The molecule has 0 saturated carbocycles. The first kappa shape index (κ1) is 18.1. The van der Waals surface area contributed by atoms with Crippen molar-refractivity contribution in [2.45, 2.75) is 16.8 Å². The van der Waals surface area contributed by atoms with E-state index in [1.165, 1.54) is 24.3 Å². The van der Waals surface area contributed by atoms with Gasteiger partial charge in [0, 0.05) is 5.69 Å². The van der Waals surface area contributed by atoms with Gasteiger partial charge in [0.2, 0.25) is 14.9 Å². The van der Waals surface area contributed by atoms with Crippen molar-refractivity contribution in [3.05, 3.63) is 84.2 Å². The van der Waals surface area contributed by atoms with E-state index in [1.807, 2.05) is 0 Å². The van der Waals surface area contributed by atoms with Gasteiger partial charge in [-0.15, -0.1) is 0 Å². The summed E-state index contributed by atoms with van der Waals surface area (Å²) in [4.78, 5) is 9.03. The van der Waals surface area contributed by atoms with E-state index in [2.05, 4.69) is 15.3 Å². The van der Waals surface area contributed by atoms with Crippen LogP contribution in [0.1, 0.15) is 5.56 Å². The van der Waals surface area contributed by atoms with E-state index in [1.54, 1.807) is 55.5 Å². The van der Waals surface area contributed by atoms with Gasteiger partial charge in [-0.25, -0.2) is 22.8 Å². The van der Waals surface area contributed by atoms with Gasteiger partial charge in [-0.05, 0) is 55.0 Å². The molecule has 5 nitrogen and oxygen atoms in total. The average Bonchev–Trinajstić information content (AvgIpc) is 2.69. The van der Waals surface area contributed by atoms with E-state index in [-0.39, 0.29) is 21.6 Å². The molecular weight excluding hydrogens is 377 g/mol. The van der Waals surface area contributed by atoms with Crippen LogP contribution in [-0.4, -0.2) is 18.4 Å². The Morgan fingerprint density at radius 2 is 1.43 bits per heavy atom. The van der Waals surface area contributed by atoms with Crippen LogP contribution in [0.4, 0.5) is 15.9 Å². The van der Waals surface area contributed by atoms with Crippen LogP contribution >= 0.6 is 0 Å². The first-order valence-electron chi connectivity index (χ1n) is 8.55. The number of aryl methyl sites for hydroxylation is 1. The summed E-state index contributed by atoms with van der Waals surface area (Å²) in [5, 5.41) is 2.79. The molecule has 0 aliphatic carbocycles. The van der Waals surface area contributed by atoms with Gasteiger partial charge in [-0.2, -0.15) is 0 Å². The lowest BCUT2D eigenvalue weighted by molar-refractivity contribution is 0.592. The highest BCUT2D eigenvalue weighted by atomic mass is 32.2. The first-order valence-corrected chi connectivity index (χ1v) is 10.0. The Morgan fingerprint density at radius 3 is 2.11 bits per heavy atom. The van der Waals surface area contributed by atoms with Crippen molar-refractivity contribution in [3.8, 4) is 0 Å². The monoisotopic (exact) mass is 393 g/mol. The molecule has 0 atom stereocenters. The lowest BCUT2D eigenvalue weighted by Gasteiger charge is -2.13. The van der Waals surface area contributed by atoms with Crippen LogP contribution in [0.5, 0.6) is 0 Å². The lowest BCUT2D eigenvalue weighted by Crippen LogP contribution is -2.11. The predicted octanol–water partition coefficient (Wildman–Crippen LogP) is 4.65. The predicted molar refractivity (Wildman–Crippen MR) is 106 cm³/mol. The second kappa shape index (κ2) is 7.01. The van der Waals surface area contributed by atoms with Crippen molar-refractivity contribution in [1.29, 1.82) is 0 Å². The van der Waals surface area contributed by atoms with Gasteiger partial charge >= 0.3 is 0 Å². The Morgan fingerprint density at radius 1 is 0.821 bits per heavy atom. The van der Waals surface area contributed by atoms with E-state index in [0.717, 1.165) is 0 Å². The van der Waals surface area contributed by atoms with Gasteiger partial charge < -0.3 is 5.32 Å². The van der Waals surface area contributed by atoms with Gasteiger partial charge in [0.1, 0.15) is 5.82 Å². The van der Waals surface area contributed by atoms with Gasteiger partial charge in [0.15, 0.2) is 5.82 Å². The molecule has 4 rings (SSSR count). The molecule has 140 valence electrons. The summed E-state index contributed by atoms with van der Waals surface area (Å²) in [6.07, 6.45) is 0. The maximum atomic E-state index is 13.4. The SMILES string of the molecule is Cc1ccccc1S(=O)(=O)c1nc2ccccc2nc1Nc1ccc(F)cc1. The summed E-state index contributed by atoms with van der Waals surface area (Å²) in [5.41, 5.74) is 2.15. The van der Waals surface area contributed by atoms with Crippen LogP contribution in [0, 0.1) is 12.7 Å². The number of hydrogen-bond donors (Lipinski definition) is 1. The van der Waals surface area contributed by atoms with Gasteiger partial charge in [-0.1, -0.05) is 30.3 Å². The maximum absolute atomic E-state index is 13.4. The number of rotatable bonds is 4. The summed E-state index contributed by atoms with van der Waals surface area (Å²) in [7, 11) is -3.93. The fourth-order valence-electron chi connectivity index (χ4n) is 2.88. The number of benzene rings is 3. The summed E-state index contributed by atoms with van der Waals surface area (Å²) >= 11 is 0. The van der Waals surface area contributed by atoms with Crippen LogP contribution in [0.2, 0.25) is 0 Å². The number of aromatic nitrogens is 2. The van der Waals surface area contributed by atoms with Crippen LogP contribution < -0.4 is 5.32 Å². The summed E-state index contributed by atoms with van der Waals surface area (Å²) in [6.45, 7) is 1.73. The minimum Gasteiger partial charge on any atom is -0.338 e. The molecular formula is C21H16FN3O2S. The second-order valence-electron chi connectivity index (χ2n) is 6.27. The van der Waals surface area contributed by atoms with E-state index >= 15 is 0 Å². The minimum absolute atomic E-state index is 0.0913. The first-order chi connectivity index (χ1) is 13.4. The smallest absolute Gasteiger partial charge is 0.227 e. The third kappa shape index (κ3) is 3.32. The number of hydrogen-bond acceptors (Lipinski definition) is 5. The number of halogens is 1. The average molecular weight is 393 g/mol. The molecule has 0 amide bonds. The third-order valence-electron chi connectivity index (χ3n) is 4.28. The number of anilines is 2. The quantitative estimate of drug-likeness (QED) is 0.546. The molecule has 4 aromatic rings. The Kier molecular flexibility index (Phi) is 4.52.